The molecule has 4 nitrogen and oxygen atoms in total. The van der Waals surface area contributed by atoms with Crippen LogP contribution < -0.4 is 0 Å². The predicted octanol–water partition coefficient (Wildman–Crippen LogP) is 17.3. The summed E-state index contributed by atoms with van der Waals surface area (Å²) in [4.78, 5) is 19.9. The average Bonchev–Trinajstić information content (AvgIpc) is 3.63. The summed E-state index contributed by atoms with van der Waals surface area (Å²) in [5, 5.41) is 7.81. The maximum absolute atomic E-state index is 5.16. The Bertz CT molecular complexity index is 3310. The maximum atomic E-state index is 5.16. The number of rotatable bonds is 15. The lowest BCUT2D eigenvalue weighted by molar-refractivity contribution is 0.401. The molecular weight excluding hydrogens is 813 g/mol. The van der Waals surface area contributed by atoms with Crippen molar-refractivity contribution in [2.45, 2.75) is 83.5 Å². The van der Waals surface area contributed by atoms with Crippen LogP contribution in [-0.2, 0) is 5.41 Å². The molecule has 0 radical (unpaired) electrons. The molecule has 1 aliphatic carbocycles. The van der Waals surface area contributed by atoms with Crippen LogP contribution in [0.25, 0.3) is 99.9 Å². The predicted molar refractivity (Wildman–Crippen MR) is 281 cm³/mol. The molecule has 67 heavy (non-hydrogen) atoms. The molecule has 0 atom stereocenters. The topological polar surface area (TPSA) is 51.6 Å². The van der Waals surface area contributed by atoms with Crippen LogP contribution >= 0.6 is 0 Å². The van der Waals surface area contributed by atoms with Gasteiger partial charge in [0.15, 0.2) is 17.5 Å². The van der Waals surface area contributed by atoms with Crippen LogP contribution in [0, 0.1) is 0 Å². The lowest BCUT2D eigenvalue weighted by atomic mass is 9.70. The van der Waals surface area contributed by atoms with Gasteiger partial charge in [-0.3, -0.25) is 4.98 Å². The fourth-order valence-corrected chi connectivity index (χ4v) is 10.8. The number of nitrogens with zero attached hydrogens (tertiary/aromatic N) is 4. The Kier molecular flexibility index (Phi) is 11.7. The van der Waals surface area contributed by atoms with E-state index in [-0.39, 0.29) is 5.41 Å². The van der Waals surface area contributed by atoms with Gasteiger partial charge < -0.3 is 0 Å². The van der Waals surface area contributed by atoms with Gasteiger partial charge >= 0.3 is 0 Å². The van der Waals surface area contributed by atoms with Crippen molar-refractivity contribution >= 4 is 32.3 Å². The first-order chi connectivity index (χ1) is 33.1. The molecule has 2 heterocycles. The molecule has 0 fully saturated rings. The molecule has 0 amide bonds. The van der Waals surface area contributed by atoms with Crippen LogP contribution in [0.3, 0.4) is 0 Å². The Balaban J connectivity index is 1.08. The molecule has 11 rings (SSSR count). The second-order valence-corrected chi connectivity index (χ2v) is 18.7. The molecule has 0 aliphatic heterocycles. The van der Waals surface area contributed by atoms with E-state index in [9.17, 15) is 0 Å². The number of hydrogen-bond acceptors (Lipinski definition) is 4. The molecule has 0 saturated carbocycles. The summed E-state index contributed by atoms with van der Waals surface area (Å²) >= 11 is 0. The van der Waals surface area contributed by atoms with E-state index in [2.05, 4.69) is 146 Å². The highest BCUT2D eigenvalue weighted by Crippen LogP contribution is 2.56. The van der Waals surface area contributed by atoms with Crippen molar-refractivity contribution in [2.24, 2.45) is 0 Å². The van der Waals surface area contributed by atoms with Crippen molar-refractivity contribution in [3.63, 3.8) is 0 Å². The Morgan fingerprint density at radius 3 is 1.39 bits per heavy atom. The fraction of sp³-hybridized carbons (Fsp3) is 0.206. The summed E-state index contributed by atoms with van der Waals surface area (Å²) in [5.74, 6) is 1.92. The Morgan fingerprint density at radius 2 is 0.821 bits per heavy atom. The van der Waals surface area contributed by atoms with Gasteiger partial charge in [-0.2, -0.15) is 0 Å². The van der Waals surface area contributed by atoms with Gasteiger partial charge in [-0.15, -0.1) is 0 Å². The Morgan fingerprint density at radius 1 is 0.343 bits per heavy atom. The van der Waals surface area contributed by atoms with Crippen LogP contribution in [-0.4, -0.2) is 19.9 Å². The number of aromatic nitrogens is 4. The molecule has 2 aromatic heterocycles. The SMILES string of the molecule is CCCCCCC1(CCCCCC)c2cc3cc(-c4cc(-c5cccnc5)cc(-c5nc(-c6ccccc6)nc(-c6ccccc6)n5)c4)ccc3cc2-c2cc3cc4ccccc4cc3cc21. The van der Waals surface area contributed by atoms with Crippen molar-refractivity contribution in [3.8, 4) is 67.5 Å². The van der Waals surface area contributed by atoms with E-state index in [4.69, 9.17) is 15.0 Å². The third-order valence-corrected chi connectivity index (χ3v) is 14.3. The van der Waals surface area contributed by atoms with Crippen molar-refractivity contribution in [1.29, 1.82) is 0 Å². The highest BCUT2D eigenvalue weighted by molar-refractivity contribution is 6.03. The summed E-state index contributed by atoms with van der Waals surface area (Å²) < 4.78 is 0. The van der Waals surface area contributed by atoms with E-state index in [0.717, 1.165) is 38.9 Å². The molecule has 4 heteroatoms. The minimum absolute atomic E-state index is 0.0464. The summed E-state index contributed by atoms with van der Waals surface area (Å²) in [6.45, 7) is 4.65. The minimum atomic E-state index is -0.0464. The highest BCUT2D eigenvalue weighted by Gasteiger charge is 2.42. The van der Waals surface area contributed by atoms with Crippen LogP contribution in [0.4, 0.5) is 0 Å². The third kappa shape index (κ3) is 8.31. The first-order valence-corrected chi connectivity index (χ1v) is 24.6. The van der Waals surface area contributed by atoms with Crippen molar-refractivity contribution in [1.82, 2.24) is 19.9 Å². The molecule has 0 spiro atoms. The molecule has 0 unspecified atom stereocenters. The normalized spacial score (nSPS) is 12.7. The Hall–Kier alpha value is -7.30. The van der Waals surface area contributed by atoms with Gasteiger partial charge in [-0.25, -0.2) is 15.0 Å². The maximum Gasteiger partial charge on any atom is 0.164 e. The second-order valence-electron chi connectivity index (χ2n) is 18.7. The summed E-state index contributed by atoms with van der Waals surface area (Å²) in [7, 11) is 0. The van der Waals surface area contributed by atoms with E-state index in [0.29, 0.717) is 17.5 Å². The fourth-order valence-electron chi connectivity index (χ4n) is 10.8. The molecule has 0 bridgehead atoms. The van der Waals surface area contributed by atoms with E-state index in [1.165, 1.54) is 119 Å². The lowest BCUT2D eigenvalue weighted by Gasteiger charge is -2.33. The number of unbranched alkanes of at least 4 members (excludes halogenated alkanes) is 6. The summed E-state index contributed by atoms with van der Waals surface area (Å²) in [6.07, 6.45) is 16.1. The highest BCUT2D eigenvalue weighted by atomic mass is 15.0. The largest absolute Gasteiger partial charge is 0.264 e. The van der Waals surface area contributed by atoms with Gasteiger partial charge in [0.2, 0.25) is 0 Å². The molecule has 0 saturated heterocycles. The summed E-state index contributed by atoms with van der Waals surface area (Å²) in [5.41, 5.74) is 13.0. The number of fused-ring (bicyclic) bond motifs is 6. The van der Waals surface area contributed by atoms with Gasteiger partial charge in [0.05, 0.1) is 0 Å². The van der Waals surface area contributed by atoms with E-state index in [1.807, 2.05) is 54.9 Å². The minimum Gasteiger partial charge on any atom is -0.264 e. The number of benzene rings is 8. The first-order valence-electron chi connectivity index (χ1n) is 24.6. The smallest absolute Gasteiger partial charge is 0.164 e. The zero-order valence-electron chi connectivity index (χ0n) is 38.7. The van der Waals surface area contributed by atoms with E-state index in [1.54, 1.807) is 0 Å². The first kappa shape index (κ1) is 42.3. The van der Waals surface area contributed by atoms with Gasteiger partial charge in [0.1, 0.15) is 0 Å². The van der Waals surface area contributed by atoms with Crippen LogP contribution in [0.1, 0.15) is 89.2 Å². The van der Waals surface area contributed by atoms with Gasteiger partial charge in [-0.05, 0) is 151 Å². The van der Waals surface area contributed by atoms with Gasteiger partial charge in [0.25, 0.3) is 0 Å². The molecular formula is C63H56N4. The van der Waals surface area contributed by atoms with Crippen LogP contribution in [0.2, 0.25) is 0 Å². The Labute approximate surface area is 394 Å². The molecule has 328 valence electrons. The van der Waals surface area contributed by atoms with Crippen LogP contribution in [0.15, 0.2) is 182 Å². The lowest BCUT2D eigenvalue weighted by Crippen LogP contribution is -2.25. The monoisotopic (exact) mass is 868 g/mol. The van der Waals surface area contributed by atoms with Crippen LogP contribution in [0.5, 0.6) is 0 Å². The average molecular weight is 869 g/mol. The van der Waals surface area contributed by atoms with Crippen molar-refractivity contribution in [2.75, 3.05) is 0 Å². The zero-order valence-corrected chi connectivity index (χ0v) is 38.7. The van der Waals surface area contributed by atoms with Gasteiger partial charge in [0, 0.05) is 40.1 Å². The molecule has 10 aromatic rings. The van der Waals surface area contributed by atoms with Crippen molar-refractivity contribution < 1.29 is 0 Å². The van der Waals surface area contributed by atoms with Gasteiger partial charge in [-0.1, -0.05) is 168 Å². The molecule has 1 aliphatic rings. The number of hydrogen-bond donors (Lipinski definition) is 0. The standard InChI is InChI=1S/C63H56N4/c1-3-5-7-17-29-63(30-18-8-6-4-2)58-40-53-34-47(27-28-48(53)38-56(58)57-39-52-32-45-24-15-16-25-46(45)33-54(52)41-59(57)63)50-35-51(49-26-19-31-64-42-49)37-55(36-50)62-66-60(43-20-11-9-12-21-43)65-61(67-62)44-22-13-10-14-23-44/h9-16,19-28,31-42H,3-8,17-18,29-30H2,1-2H3. The molecule has 0 N–H and O–H groups in total. The molecule has 8 aromatic carbocycles. The quantitative estimate of drug-likeness (QED) is 0.0761. The second kappa shape index (κ2) is 18.5. The summed E-state index contributed by atoms with van der Waals surface area (Å²) in [6, 6.07) is 62.2. The third-order valence-electron chi connectivity index (χ3n) is 14.3. The van der Waals surface area contributed by atoms with E-state index >= 15 is 0 Å². The zero-order chi connectivity index (χ0) is 45.2. The number of pyridine rings is 1. The van der Waals surface area contributed by atoms with Crippen molar-refractivity contribution in [3.05, 3.63) is 193 Å². The van der Waals surface area contributed by atoms with E-state index < -0.39 is 0 Å².